The minimum absolute atomic E-state index is 0.0167. The van der Waals surface area contributed by atoms with E-state index in [0.717, 1.165) is 51.4 Å². The first-order valence-corrected chi connectivity index (χ1v) is 21.0. The van der Waals surface area contributed by atoms with E-state index in [4.69, 9.17) is 0 Å². The molecule has 5 fully saturated rings. The maximum atomic E-state index is 15.2. The number of aromatic nitrogens is 2. The molecule has 3 aliphatic heterocycles. The molecule has 0 bridgehead atoms. The second-order valence-electron chi connectivity index (χ2n) is 18.2. The van der Waals surface area contributed by atoms with E-state index < -0.39 is 70.6 Å². The summed E-state index contributed by atoms with van der Waals surface area (Å²) in [5, 5.41) is 11.5. The van der Waals surface area contributed by atoms with Crippen LogP contribution in [0.5, 0.6) is 0 Å². The maximum absolute atomic E-state index is 15.2. The van der Waals surface area contributed by atoms with Crippen LogP contribution in [0.4, 0.5) is 0 Å². The summed E-state index contributed by atoms with van der Waals surface area (Å²) in [6, 6.07) is -4.76. The first-order valence-electron chi connectivity index (χ1n) is 21.0. The minimum Gasteiger partial charge on any atom is -0.347 e. The lowest BCUT2D eigenvalue weighted by molar-refractivity contribution is -0.145. The van der Waals surface area contributed by atoms with Crippen molar-refractivity contribution in [2.75, 3.05) is 19.6 Å². The monoisotopic (exact) mass is 791 g/mol. The maximum Gasteiger partial charge on any atom is 0.289 e. The third-order valence-corrected chi connectivity index (χ3v) is 12.4. The lowest BCUT2D eigenvalue weighted by atomic mass is 9.82. The molecule has 0 radical (unpaired) electrons. The number of likely N-dealkylation sites (N-methyl/N-ethyl adjacent to an activating group) is 1. The van der Waals surface area contributed by atoms with Gasteiger partial charge in [0.15, 0.2) is 0 Å². The van der Waals surface area contributed by atoms with Gasteiger partial charge in [-0.3, -0.25) is 43.4 Å². The fourth-order valence-corrected chi connectivity index (χ4v) is 9.40. The van der Waals surface area contributed by atoms with Crippen molar-refractivity contribution in [1.82, 2.24) is 45.9 Å². The average molecular weight is 792 g/mol. The molecular weight excluding hydrogens is 731 g/mol. The number of likely N-dealkylation sites (tertiary alicyclic amines) is 1. The Morgan fingerprint density at radius 1 is 0.930 bits per heavy atom. The van der Waals surface area contributed by atoms with E-state index in [1.54, 1.807) is 4.90 Å². The van der Waals surface area contributed by atoms with Gasteiger partial charge in [0.2, 0.25) is 29.4 Å². The Morgan fingerprint density at radius 2 is 1.65 bits per heavy atom. The van der Waals surface area contributed by atoms with E-state index in [9.17, 15) is 28.8 Å². The average Bonchev–Trinajstić information content (AvgIpc) is 3.60. The molecule has 1 aromatic rings. The zero-order valence-corrected chi connectivity index (χ0v) is 34.3. The van der Waals surface area contributed by atoms with Crippen molar-refractivity contribution in [1.29, 1.82) is 0 Å². The molecule has 1 spiro atoms. The van der Waals surface area contributed by atoms with Gasteiger partial charge in [-0.1, -0.05) is 53.9 Å². The third kappa shape index (κ3) is 9.00. The molecule has 5 aliphatic rings. The molecule has 6 atom stereocenters. The summed E-state index contributed by atoms with van der Waals surface area (Å²) in [5.41, 5.74) is -1.77. The van der Waals surface area contributed by atoms with Gasteiger partial charge in [-0.2, -0.15) is 0 Å². The molecule has 6 amide bonds. The molecule has 2 aliphatic carbocycles. The van der Waals surface area contributed by atoms with Gasteiger partial charge in [0.05, 0.1) is 24.8 Å². The van der Waals surface area contributed by atoms with Gasteiger partial charge < -0.3 is 31.1 Å². The Kier molecular flexibility index (Phi) is 12.7. The lowest BCUT2D eigenvalue weighted by Gasteiger charge is -2.40. The van der Waals surface area contributed by atoms with Crippen LogP contribution in [0.1, 0.15) is 123 Å². The Bertz CT molecular complexity index is 1710. The van der Waals surface area contributed by atoms with Crippen LogP contribution >= 0.6 is 0 Å². The van der Waals surface area contributed by atoms with Crippen molar-refractivity contribution in [2.45, 2.75) is 154 Å². The van der Waals surface area contributed by atoms with E-state index in [-0.39, 0.29) is 54.9 Å². The fourth-order valence-electron chi connectivity index (χ4n) is 9.40. The highest BCUT2D eigenvalue weighted by molar-refractivity contribution is 6.38. The van der Waals surface area contributed by atoms with E-state index in [2.05, 4.69) is 36.1 Å². The fraction of sp³-hybridized carbons (Fsp3) is 0.732. The van der Waals surface area contributed by atoms with E-state index >= 15 is 4.79 Å². The van der Waals surface area contributed by atoms with Gasteiger partial charge in [0.25, 0.3) is 11.8 Å². The van der Waals surface area contributed by atoms with Crippen LogP contribution in [0.15, 0.2) is 18.6 Å². The Hall–Kier alpha value is -4.47. The molecule has 0 aromatic carbocycles. The number of ketones is 1. The predicted molar refractivity (Wildman–Crippen MR) is 209 cm³/mol. The van der Waals surface area contributed by atoms with Crippen molar-refractivity contribution < 1.29 is 33.6 Å². The smallest absolute Gasteiger partial charge is 0.289 e. The SMILES string of the molecule is CCN1C(=O)C2CCCN2C12C[C@@H](C(=O)NC(CC(C)C)C(=O)C(=O)NC1CC1)N(C(=O)[C@@H](NC(=O)[C@@H](NC(=O)c1cnccn1)C1CCCCC1)C(C)(C)C)C2. The van der Waals surface area contributed by atoms with Crippen LogP contribution in [-0.4, -0.2) is 127 Å². The molecule has 312 valence electrons. The summed E-state index contributed by atoms with van der Waals surface area (Å²) in [7, 11) is 0. The second-order valence-corrected chi connectivity index (χ2v) is 18.2. The number of nitrogens with zero attached hydrogens (tertiary/aromatic N) is 5. The molecule has 2 saturated carbocycles. The number of nitrogens with one attached hydrogen (secondary N) is 4. The molecule has 1 aromatic heterocycles. The number of hydrogen-bond donors (Lipinski definition) is 4. The van der Waals surface area contributed by atoms with Gasteiger partial charge in [-0.15, -0.1) is 0 Å². The normalized spacial score (nSPS) is 25.6. The number of carbonyl (C=O) groups excluding carboxylic acids is 7. The molecule has 3 unspecified atom stereocenters. The third-order valence-electron chi connectivity index (χ3n) is 12.4. The molecular formula is C41H61N9O7. The largest absolute Gasteiger partial charge is 0.347 e. The van der Waals surface area contributed by atoms with Gasteiger partial charge in [0, 0.05) is 37.9 Å². The molecule has 6 rings (SSSR count). The van der Waals surface area contributed by atoms with Crippen LogP contribution in [0.25, 0.3) is 0 Å². The van der Waals surface area contributed by atoms with Crippen LogP contribution < -0.4 is 21.3 Å². The van der Waals surface area contributed by atoms with E-state index in [1.165, 1.54) is 23.5 Å². The Balaban J connectivity index is 1.32. The predicted octanol–water partition coefficient (Wildman–Crippen LogP) is 1.69. The summed E-state index contributed by atoms with van der Waals surface area (Å²) in [5.74, 6) is -3.91. The lowest BCUT2D eigenvalue weighted by Crippen LogP contribution is -2.62. The van der Waals surface area contributed by atoms with Crippen LogP contribution in [-0.2, 0) is 28.8 Å². The highest BCUT2D eigenvalue weighted by Gasteiger charge is 2.64. The summed E-state index contributed by atoms with van der Waals surface area (Å²) in [4.78, 5) is 111. The summed E-state index contributed by atoms with van der Waals surface area (Å²) in [6.45, 7) is 12.2. The molecule has 3 saturated heterocycles. The van der Waals surface area contributed by atoms with Crippen molar-refractivity contribution >= 4 is 41.2 Å². The van der Waals surface area contributed by atoms with Crippen LogP contribution in [0.3, 0.4) is 0 Å². The van der Waals surface area contributed by atoms with E-state index in [1.807, 2.05) is 41.5 Å². The molecule has 4 heterocycles. The first kappa shape index (κ1) is 42.1. The second kappa shape index (κ2) is 17.2. The van der Waals surface area contributed by atoms with Crippen molar-refractivity contribution in [3.63, 3.8) is 0 Å². The summed E-state index contributed by atoms with van der Waals surface area (Å²) < 4.78 is 0. The van der Waals surface area contributed by atoms with Gasteiger partial charge in [-0.05, 0) is 69.1 Å². The number of amides is 6. The summed E-state index contributed by atoms with van der Waals surface area (Å²) in [6.07, 6.45) is 11.8. The first-order chi connectivity index (χ1) is 27.0. The minimum atomic E-state index is -1.14. The number of fused-ring (bicyclic) bond motifs is 2. The van der Waals surface area contributed by atoms with Gasteiger partial charge >= 0.3 is 0 Å². The summed E-state index contributed by atoms with van der Waals surface area (Å²) >= 11 is 0. The molecule has 16 heteroatoms. The van der Waals surface area contributed by atoms with Crippen molar-refractivity contribution in [2.24, 2.45) is 17.3 Å². The zero-order valence-electron chi connectivity index (χ0n) is 34.3. The van der Waals surface area contributed by atoms with E-state index in [0.29, 0.717) is 19.5 Å². The number of hydrogen-bond acceptors (Lipinski definition) is 10. The quantitative estimate of drug-likeness (QED) is 0.201. The highest BCUT2D eigenvalue weighted by Crippen LogP contribution is 2.46. The number of carbonyl (C=O) groups is 7. The van der Waals surface area contributed by atoms with Crippen molar-refractivity contribution in [3.05, 3.63) is 24.3 Å². The highest BCUT2D eigenvalue weighted by atomic mass is 16.2. The van der Waals surface area contributed by atoms with Crippen LogP contribution in [0, 0.1) is 17.3 Å². The molecule has 16 nitrogen and oxygen atoms in total. The number of rotatable bonds is 14. The van der Waals surface area contributed by atoms with Gasteiger partial charge in [0.1, 0.15) is 29.5 Å². The van der Waals surface area contributed by atoms with Crippen LogP contribution in [0.2, 0.25) is 0 Å². The Morgan fingerprint density at radius 3 is 2.26 bits per heavy atom. The van der Waals surface area contributed by atoms with Gasteiger partial charge in [-0.25, -0.2) is 4.98 Å². The van der Waals surface area contributed by atoms with Crippen molar-refractivity contribution in [3.8, 4) is 0 Å². The topological polar surface area (TPSA) is 203 Å². The number of Topliss-reactive ketones (excluding diaryl/α,β-unsaturated/α-hetero) is 1. The zero-order chi connectivity index (χ0) is 41.2. The standard InChI is InChI=1S/C41H61N9O7/c1-7-49-38(56)29-14-11-19-50(29)41(49)21-30(35(53)45-27(20-24(2)3)32(51)37(55)44-26-15-16-26)48(23-41)39(57)33(40(4,5)6)47-36(54)31(25-12-9-8-10-13-25)46-34(52)28-22-42-17-18-43-28/h17-18,22,24-27,29-31,33H,7-16,19-21,23H2,1-6H3,(H,44,55)(H,45,53)(H,46,52)(H,47,54)/t27?,29?,30-,31-,33+,41?/m0/s1. The molecule has 4 N–H and O–H groups in total. The Labute approximate surface area is 335 Å². The molecule has 57 heavy (non-hydrogen) atoms.